The molecular formula is C20H34IN3O2S. The fourth-order valence-electron chi connectivity index (χ4n) is 3.11. The fourth-order valence-corrected chi connectivity index (χ4v) is 4.01. The van der Waals surface area contributed by atoms with E-state index in [1.54, 1.807) is 7.05 Å². The van der Waals surface area contributed by atoms with Gasteiger partial charge in [0.1, 0.15) is 6.10 Å². The van der Waals surface area contributed by atoms with E-state index in [0.717, 1.165) is 19.0 Å². The number of aryl methyl sites for hydroxylation is 2. The Morgan fingerprint density at radius 1 is 1.37 bits per heavy atom. The van der Waals surface area contributed by atoms with Gasteiger partial charge in [0.15, 0.2) is 5.96 Å². The van der Waals surface area contributed by atoms with Crippen LogP contribution in [0.1, 0.15) is 43.6 Å². The van der Waals surface area contributed by atoms with Crippen LogP contribution in [0.3, 0.4) is 0 Å². The van der Waals surface area contributed by atoms with Gasteiger partial charge in [-0.05, 0) is 45.7 Å². The van der Waals surface area contributed by atoms with Crippen LogP contribution in [0.2, 0.25) is 0 Å². The van der Waals surface area contributed by atoms with Crippen molar-refractivity contribution in [2.75, 3.05) is 39.0 Å². The molecule has 0 saturated carbocycles. The minimum absolute atomic E-state index is 0. The van der Waals surface area contributed by atoms with Crippen LogP contribution in [0.15, 0.2) is 23.2 Å². The second kappa shape index (κ2) is 10.8. The molecule has 2 atom stereocenters. The summed E-state index contributed by atoms with van der Waals surface area (Å²) in [6, 6.07) is 6.51. The summed E-state index contributed by atoms with van der Waals surface area (Å²) in [5.74, 6) is 1.47. The molecule has 1 aliphatic heterocycles. The molecule has 0 spiro atoms. The highest BCUT2D eigenvalue weighted by molar-refractivity contribution is 14.0. The topological polar surface area (TPSA) is 53.9 Å². The maximum atomic E-state index is 12.2. The van der Waals surface area contributed by atoms with Crippen LogP contribution in [-0.4, -0.2) is 58.9 Å². The van der Waals surface area contributed by atoms with Gasteiger partial charge in [-0.25, -0.2) is 0 Å². The number of ether oxygens (including phenoxy) is 1. The SMILES string of the molecule is CN=C(NCCS(=O)C(C)(C)C)N1CCOC(c2ccc(C)cc2C)C1.I. The Morgan fingerprint density at radius 2 is 2.07 bits per heavy atom. The molecule has 27 heavy (non-hydrogen) atoms. The molecule has 0 aliphatic carbocycles. The summed E-state index contributed by atoms with van der Waals surface area (Å²) in [4.78, 5) is 6.64. The lowest BCUT2D eigenvalue weighted by Gasteiger charge is -2.36. The Morgan fingerprint density at radius 3 is 2.67 bits per heavy atom. The maximum Gasteiger partial charge on any atom is 0.193 e. The van der Waals surface area contributed by atoms with Crippen LogP contribution in [0.4, 0.5) is 0 Å². The van der Waals surface area contributed by atoms with E-state index in [1.165, 1.54) is 16.7 Å². The number of hydrogen-bond acceptors (Lipinski definition) is 3. The molecule has 1 aromatic rings. The van der Waals surface area contributed by atoms with E-state index < -0.39 is 10.8 Å². The summed E-state index contributed by atoms with van der Waals surface area (Å²) >= 11 is 0. The molecule has 0 amide bonds. The molecule has 7 heteroatoms. The smallest absolute Gasteiger partial charge is 0.193 e. The molecule has 1 aliphatic rings. The fraction of sp³-hybridized carbons (Fsp3) is 0.650. The van der Waals surface area contributed by atoms with Gasteiger partial charge in [0, 0.05) is 41.4 Å². The first kappa shape index (κ1) is 24.4. The molecule has 1 N–H and O–H groups in total. The van der Waals surface area contributed by atoms with Gasteiger partial charge in [0.05, 0.1) is 13.2 Å². The number of aliphatic imine (C=N–C) groups is 1. The summed E-state index contributed by atoms with van der Waals surface area (Å²) < 4.78 is 18.1. The number of benzene rings is 1. The largest absolute Gasteiger partial charge is 0.370 e. The lowest BCUT2D eigenvalue weighted by atomic mass is 10.00. The Kier molecular flexibility index (Phi) is 9.71. The Balaban J connectivity index is 0.00000364. The van der Waals surface area contributed by atoms with Gasteiger partial charge >= 0.3 is 0 Å². The molecule has 0 bridgehead atoms. The van der Waals surface area contributed by atoms with Crippen molar-refractivity contribution in [2.45, 2.75) is 45.5 Å². The van der Waals surface area contributed by atoms with Gasteiger partial charge in [0.25, 0.3) is 0 Å². The third kappa shape index (κ3) is 7.02. The lowest BCUT2D eigenvalue weighted by Crippen LogP contribution is -2.49. The molecule has 0 aromatic heterocycles. The quantitative estimate of drug-likeness (QED) is 0.386. The normalized spacial score (nSPS) is 19.4. The van der Waals surface area contributed by atoms with Crippen molar-refractivity contribution in [2.24, 2.45) is 4.99 Å². The molecule has 1 aromatic carbocycles. The minimum atomic E-state index is -0.863. The van der Waals surface area contributed by atoms with Crippen molar-refractivity contribution in [3.05, 3.63) is 34.9 Å². The molecular weight excluding hydrogens is 473 g/mol. The van der Waals surface area contributed by atoms with E-state index in [9.17, 15) is 4.21 Å². The third-order valence-corrected chi connectivity index (χ3v) is 6.54. The van der Waals surface area contributed by atoms with Gasteiger partial charge in [-0.15, -0.1) is 24.0 Å². The first-order valence-electron chi connectivity index (χ1n) is 9.25. The summed E-state index contributed by atoms with van der Waals surface area (Å²) in [6.07, 6.45) is 0.0478. The zero-order chi connectivity index (χ0) is 19.3. The van der Waals surface area contributed by atoms with E-state index in [2.05, 4.69) is 47.3 Å². The molecule has 2 rings (SSSR count). The molecule has 2 unspecified atom stereocenters. The zero-order valence-corrected chi connectivity index (χ0v) is 20.5. The van der Waals surface area contributed by atoms with Gasteiger partial charge in [0.2, 0.25) is 0 Å². The Bertz CT molecular complexity index is 674. The lowest BCUT2D eigenvalue weighted by molar-refractivity contribution is -0.00827. The molecule has 5 nitrogen and oxygen atoms in total. The van der Waals surface area contributed by atoms with Crippen molar-refractivity contribution < 1.29 is 8.95 Å². The predicted octanol–water partition coefficient (Wildman–Crippen LogP) is 3.42. The Labute approximate surface area is 183 Å². The molecule has 1 saturated heterocycles. The van der Waals surface area contributed by atoms with E-state index >= 15 is 0 Å². The number of morpholine rings is 1. The van der Waals surface area contributed by atoms with E-state index in [0.29, 0.717) is 18.9 Å². The van der Waals surface area contributed by atoms with E-state index in [-0.39, 0.29) is 34.8 Å². The second-order valence-corrected chi connectivity index (χ2v) is 10.1. The number of halogens is 1. The van der Waals surface area contributed by atoms with Crippen LogP contribution in [0.25, 0.3) is 0 Å². The zero-order valence-electron chi connectivity index (χ0n) is 17.4. The van der Waals surface area contributed by atoms with Gasteiger partial charge in [-0.1, -0.05) is 23.8 Å². The minimum Gasteiger partial charge on any atom is -0.370 e. The predicted molar refractivity (Wildman–Crippen MR) is 126 cm³/mol. The number of guanidine groups is 1. The average Bonchev–Trinajstić information content (AvgIpc) is 2.58. The van der Waals surface area contributed by atoms with Crippen molar-refractivity contribution in [1.82, 2.24) is 10.2 Å². The second-order valence-electron chi connectivity index (χ2n) is 7.80. The van der Waals surface area contributed by atoms with Crippen molar-refractivity contribution >= 4 is 40.7 Å². The molecule has 0 radical (unpaired) electrons. The number of rotatable bonds is 4. The van der Waals surface area contributed by atoms with Crippen LogP contribution >= 0.6 is 24.0 Å². The Hall–Kier alpha value is -0.670. The van der Waals surface area contributed by atoms with Gasteiger partial charge in [-0.3, -0.25) is 9.20 Å². The summed E-state index contributed by atoms with van der Waals surface area (Å²) in [6.45, 7) is 13.2. The highest BCUT2D eigenvalue weighted by Gasteiger charge is 2.25. The van der Waals surface area contributed by atoms with Gasteiger partial charge < -0.3 is 15.0 Å². The van der Waals surface area contributed by atoms with Crippen LogP contribution in [0.5, 0.6) is 0 Å². The first-order valence-corrected chi connectivity index (χ1v) is 10.6. The van der Waals surface area contributed by atoms with E-state index in [1.807, 2.05) is 20.8 Å². The van der Waals surface area contributed by atoms with Gasteiger partial charge in [-0.2, -0.15) is 0 Å². The van der Waals surface area contributed by atoms with E-state index in [4.69, 9.17) is 4.74 Å². The summed E-state index contributed by atoms with van der Waals surface area (Å²) in [5.41, 5.74) is 3.77. The highest BCUT2D eigenvalue weighted by atomic mass is 127. The molecule has 154 valence electrons. The number of hydrogen-bond donors (Lipinski definition) is 1. The van der Waals surface area contributed by atoms with Crippen LogP contribution < -0.4 is 5.32 Å². The van der Waals surface area contributed by atoms with Crippen molar-refractivity contribution in [3.8, 4) is 0 Å². The number of nitrogens with zero attached hydrogens (tertiary/aromatic N) is 2. The van der Waals surface area contributed by atoms with Crippen LogP contribution in [-0.2, 0) is 15.5 Å². The standard InChI is InChI=1S/C20H33N3O2S.HI/c1-15-7-8-17(16(2)13-15)18-14-23(10-11-25-18)19(21-6)22-9-12-26(24)20(3,4)5;/h7-8,13,18H,9-12,14H2,1-6H3,(H,21,22);1H. The highest BCUT2D eigenvalue weighted by Crippen LogP contribution is 2.25. The van der Waals surface area contributed by atoms with Crippen LogP contribution in [0, 0.1) is 13.8 Å². The third-order valence-electron chi connectivity index (χ3n) is 4.60. The first-order chi connectivity index (χ1) is 12.2. The average molecular weight is 507 g/mol. The van der Waals surface area contributed by atoms with Crippen molar-refractivity contribution in [1.29, 1.82) is 0 Å². The number of nitrogens with one attached hydrogen (secondary N) is 1. The summed E-state index contributed by atoms with van der Waals surface area (Å²) in [5, 5.41) is 3.37. The molecule has 1 fully saturated rings. The monoisotopic (exact) mass is 507 g/mol. The maximum absolute atomic E-state index is 12.2. The molecule has 1 heterocycles. The van der Waals surface area contributed by atoms with Crippen molar-refractivity contribution in [3.63, 3.8) is 0 Å². The summed E-state index contributed by atoms with van der Waals surface area (Å²) in [7, 11) is 0.933.